The first kappa shape index (κ1) is 15.1. The van der Waals surface area contributed by atoms with Crippen LogP contribution in [0, 0.1) is 5.92 Å². The Morgan fingerprint density at radius 3 is 3.05 bits per heavy atom. The van der Waals surface area contributed by atoms with E-state index in [1.165, 1.54) is 5.56 Å². The van der Waals surface area contributed by atoms with Crippen molar-refractivity contribution in [2.75, 3.05) is 24.5 Å². The van der Waals surface area contributed by atoms with Crippen LogP contribution in [0.25, 0.3) is 0 Å². The van der Waals surface area contributed by atoms with E-state index in [9.17, 15) is 4.79 Å². The van der Waals surface area contributed by atoms with Crippen LogP contribution in [0.4, 0.5) is 5.69 Å². The number of carbonyl (C=O) groups excluding carboxylic acids is 1. The Bertz CT molecular complexity index is 478. The van der Waals surface area contributed by atoms with Gasteiger partial charge in [-0.2, -0.15) is 0 Å². The molecule has 2 rings (SSSR count). The summed E-state index contributed by atoms with van der Waals surface area (Å²) in [5.74, 6) is -0.290. The molecule has 0 aromatic heterocycles. The van der Waals surface area contributed by atoms with E-state index in [1.54, 1.807) is 0 Å². The van der Waals surface area contributed by atoms with Gasteiger partial charge in [-0.3, -0.25) is 4.79 Å². The predicted molar refractivity (Wildman–Crippen MR) is 83.0 cm³/mol. The second-order valence-electron chi connectivity index (χ2n) is 5.22. The molecule has 1 aromatic rings. The van der Waals surface area contributed by atoms with Gasteiger partial charge >= 0.3 is 0 Å². The summed E-state index contributed by atoms with van der Waals surface area (Å²) in [6, 6.07) is 5.95. The van der Waals surface area contributed by atoms with Crippen molar-refractivity contribution >= 4 is 23.2 Å². The Morgan fingerprint density at radius 1 is 1.55 bits per heavy atom. The van der Waals surface area contributed by atoms with Crippen molar-refractivity contribution in [3.05, 3.63) is 28.8 Å². The molecule has 1 amide bonds. The summed E-state index contributed by atoms with van der Waals surface area (Å²) in [7, 11) is 0. The zero-order valence-electron chi connectivity index (χ0n) is 11.9. The Balaban J connectivity index is 2.24. The standard InChI is InChI=1S/C15H22ClN3O/c1-2-18-9-11-5-3-7-13(16)14(11)19-8-4-6-12(10-19)15(17)20/h3,5,7,12,18H,2,4,6,8-10H2,1H3,(H2,17,20). The van der Waals surface area contributed by atoms with Crippen LogP contribution in [0.15, 0.2) is 18.2 Å². The first-order chi connectivity index (χ1) is 9.63. The number of benzene rings is 1. The van der Waals surface area contributed by atoms with E-state index in [-0.39, 0.29) is 11.8 Å². The van der Waals surface area contributed by atoms with Gasteiger partial charge in [-0.1, -0.05) is 30.7 Å². The monoisotopic (exact) mass is 295 g/mol. The summed E-state index contributed by atoms with van der Waals surface area (Å²) >= 11 is 6.38. The molecule has 0 bridgehead atoms. The largest absolute Gasteiger partial charge is 0.369 e. The molecule has 1 aliphatic heterocycles. The molecule has 1 fully saturated rings. The number of para-hydroxylation sites is 1. The lowest BCUT2D eigenvalue weighted by molar-refractivity contribution is -0.122. The van der Waals surface area contributed by atoms with Gasteiger partial charge in [-0.25, -0.2) is 0 Å². The molecule has 1 unspecified atom stereocenters. The second-order valence-corrected chi connectivity index (χ2v) is 5.62. The first-order valence-corrected chi connectivity index (χ1v) is 7.53. The number of hydrogen-bond donors (Lipinski definition) is 2. The molecule has 0 spiro atoms. The highest BCUT2D eigenvalue weighted by Crippen LogP contribution is 2.33. The number of rotatable bonds is 5. The molecule has 1 atom stereocenters. The summed E-state index contributed by atoms with van der Waals surface area (Å²) in [5, 5.41) is 4.07. The molecule has 4 nitrogen and oxygen atoms in total. The highest BCUT2D eigenvalue weighted by atomic mass is 35.5. The number of piperidine rings is 1. The van der Waals surface area contributed by atoms with Gasteiger partial charge in [0.05, 0.1) is 16.6 Å². The second kappa shape index (κ2) is 6.95. The van der Waals surface area contributed by atoms with Crippen LogP contribution in [0.2, 0.25) is 5.02 Å². The van der Waals surface area contributed by atoms with Crippen LogP contribution in [0.5, 0.6) is 0 Å². The predicted octanol–water partition coefficient (Wildman–Crippen LogP) is 2.15. The summed E-state index contributed by atoms with van der Waals surface area (Å²) < 4.78 is 0. The Labute approximate surface area is 125 Å². The highest BCUT2D eigenvalue weighted by Gasteiger charge is 2.26. The topological polar surface area (TPSA) is 58.4 Å². The molecule has 5 heteroatoms. The molecule has 3 N–H and O–H groups in total. The number of hydrogen-bond acceptors (Lipinski definition) is 3. The number of primary amides is 1. The van der Waals surface area contributed by atoms with Crippen LogP contribution in [-0.4, -0.2) is 25.5 Å². The van der Waals surface area contributed by atoms with Gasteiger partial charge in [-0.15, -0.1) is 0 Å². The number of halogens is 1. The molecule has 0 radical (unpaired) electrons. The fourth-order valence-electron chi connectivity index (χ4n) is 2.73. The maximum Gasteiger partial charge on any atom is 0.222 e. The molecule has 1 heterocycles. The lowest BCUT2D eigenvalue weighted by atomic mass is 9.96. The van der Waals surface area contributed by atoms with Crippen molar-refractivity contribution in [3.8, 4) is 0 Å². The Morgan fingerprint density at radius 2 is 2.35 bits per heavy atom. The Kier molecular flexibility index (Phi) is 5.26. The first-order valence-electron chi connectivity index (χ1n) is 7.15. The normalized spacial score (nSPS) is 19.1. The van der Waals surface area contributed by atoms with Crippen LogP contribution >= 0.6 is 11.6 Å². The summed E-state index contributed by atoms with van der Waals surface area (Å²) in [6.45, 7) is 5.36. The van der Waals surface area contributed by atoms with Crippen LogP contribution in [0.3, 0.4) is 0 Å². The number of carbonyl (C=O) groups is 1. The van der Waals surface area contributed by atoms with Crippen molar-refractivity contribution < 1.29 is 4.79 Å². The fourth-order valence-corrected chi connectivity index (χ4v) is 3.04. The lowest BCUT2D eigenvalue weighted by Crippen LogP contribution is -2.41. The quantitative estimate of drug-likeness (QED) is 0.875. The van der Waals surface area contributed by atoms with Crippen LogP contribution < -0.4 is 16.0 Å². The van der Waals surface area contributed by atoms with Gasteiger partial charge in [0.15, 0.2) is 0 Å². The molecular weight excluding hydrogens is 274 g/mol. The average molecular weight is 296 g/mol. The smallest absolute Gasteiger partial charge is 0.222 e. The Hall–Kier alpha value is -1.26. The highest BCUT2D eigenvalue weighted by molar-refractivity contribution is 6.33. The van der Waals surface area contributed by atoms with E-state index >= 15 is 0 Å². The molecule has 0 aliphatic carbocycles. The number of amides is 1. The number of nitrogens with one attached hydrogen (secondary N) is 1. The van der Waals surface area contributed by atoms with E-state index in [0.717, 1.165) is 43.2 Å². The summed E-state index contributed by atoms with van der Waals surface area (Å²) in [6.07, 6.45) is 1.85. The third-order valence-electron chi connectivity index (χ3n) is 3.78. The van der Waals surface area contributed by atoms with Gasteiger partial charge in [0, 0.05) is 19.6 Å². The van der Waals surface area contributed by atoms with Crippen LogP contribution in [-0.2, 0) is 11.3 Å². The third kappa shape index (κ3) is 3.44. The maximum atomic E-state index is 11.4. The van der Waals surface area contributed by atoms with Gasteiger partial charge in [0.2, 0.25) is 5.91 Å². The minimum Gasteiger partial charge on any atom is -0.369 e. The molecule has 0 saturated carbocycles. The lowest BCUT2D eigenvalue weighted by Gasteiger charge is -2.35. The zero-order valence-corrected chi connectivity index (χ0v) is 12.6. The minimum absolute atomic E-state index is 0.0768. The summed E-state index contributed by atoms with van der Waals surface area (Å²) in [4.78, 5) is 13.6. The van der Waals surface area contributed by atoms with Gasteiger partial charge < -0.3 is 16.0 Å². The van der Waals surface area contributed by atoms with E-state index in [1.807, 2.05) is 12.1 Å². The summed E-state index contributed by atoms with van der Waals surface area (Å²) in [5.41, 5.74) is 7.67. The van der Waals surface area contributed by atoms with E-state index in [4.69, 9.17) is 17.3 Å². The van der Waals surface area contributed by atoms with E-state index in [2.05, 4.69) is 23.2 Å². The number of nitrogens with two attached hydrogens (primary N) is 1. The number of anilines is 1. The number of nitrogens with zero attached hydrogens (tertiary/aromatic N) is 1. The van der Waals surface area contributed by atoms with Crippen molar-refractivity contribution in [2.45, 2.75) is 26.3 Å². The van der Waals surface area contributed by atoms with Crippen molar-refractivity contribution in [1.29, 1.82) is 0 Å². The SMILES string of the molecule is CCNCc1cccc(Cl)c1N1CCCC(C(N)=O)C1. The van der Waals surface area contributed by atoms with Gasteiger partial charge in [0.1, 0.15) is 0 Å². The van der Waals surface area contributed by atoms with Gasteiger partial charge in [0.25, 0.3) is 0 Å². The zero-order chi connectivity index (χ0) is 14.5. The minimum atomic E-state index is -0.213. The van der Waals surface area contributed by atoms with Crippen molar-refractivity contribution in [3.63, 3.8) is 0 Å². The average Bonchev–Trinajstić information content (AvgIpc) is 2.45. The molecule has 1 aromatic carbocycles. The van der Waals surface area contributed by atoms with Crippen LogP contribution in [0.1, 0.15) is 25.3 Å². The molecule has 1 aliphatic rings. The van der Waals surface area contributed by atoms with Gasteiger partial charge in [-0.05, 0) is 31.0 Å². The van der Waals surface area contributed by atoms with E-state index in [0.29, 0.717) is 6.54 Å². The third-order valence-corrected chi connectivity index (χ3v) is 4.08. The molecule has 110 valence electrons. The molecular formula is C15H22ClN3O. The van der Waals surface area contributed by atoms with E-state index < -0.39 is 0 Å². The molecule has 20 heavy (non-hydrogen) atoms. The maximum absolute atomic E-state index is 11.4. The van der Waals surface area contributed by atoms with Crippen molar-refractivity contribution in [1.82, 2.24) is 5.32 Å². The molecule has 1 saturated heterocycles. The van der Waals surface area contributed by atoms with Crippen molar-refractivity contribution in [2.24, 2.45) is 11.7 Å². The fraction of sp³-hybridized carbons (Fsp3) is 0.533.